The molecule has 0 aromatic heterocycles. The Labute approximate surface area is 55.6 Å². The van der Waals surface area contributed by atoms with Crippen molar-refractivity contribution in [1.82, 2.24) is 4.90 Å². The van der Waals surface area contributed by atoms with Crippen molar-refractivity contribution in [2.75, 3.05) is 27.2 Å². The SMILES string of the molecule is CC(=O)OCC[15N]([13CH3])[13CH3]. The van der Waals surface area contributed by atoms with Gasteiger partial charge in [0.15, 0.2) is 0 Å². The predicted octanol–water partition coefficient (Wildman–Crippen LogP) is 0.111. The third kappa shape index (κ3) is 7.43. The van der Waals surface area contributed by atoms with Gasteiger partial charge in [-0.15, -0.1) is 0 Å². The normalized spacial score (nSPS) is 9.78. The Bertz CT molecular complexity index is 91.1. The number of esters is 1. The lowest BCUT2D eigenvalue weighted by molar-refractivity contribution is -0.141. The fourth-order valence-corrected chi connectivity index (χ4v) is 0.372. The van der Waals surface area contributed by atoms with Crippen molar-refractivity contribution < 1.29 is 9.53 Å². The van der Waals surface area contributed by atoms with Crippen LogP contribution in [0.2, 0.25) is 0 Å². The molecule has 0 bridgehead atoms. The molecule has 0 aliphatic carbocycles. The van der Waals surface area contributed by atoms with Crippen LogP contribution in [0.15, 0.2) is 0 Å². The first-order chi connectivity index (χ1) is 4.13. The van der Waals surface area contributed by atoms with E-state index in [1.807, 2.05) is 19.0 Å². The van der Waals surface area contributed by atoms with Crippen LogP contribution < -0.4 is 0 Å². The zero-order valence-electron chi connectivity index (χ0n) is 6.18. The zero-order chi connectivity index (χ0) is 7.28. The van der Waals surface area contributed by atoms with E-state index in [-0.39, 0.29) is 5.97 Å². The number of carbonyl (C=O) groups is 1. The van der Waals surface area contributed by atoms with E-state index in [1.54, 1.807) is 0 Å². The summed E-state index contributed by atoms with van der Waals surface area (Å²) < 4.78 is 4.67. The molecule has 0 aliphatic heterocycles. The van der Waals surface area contributed by atoms with Crippen LogP contribution in [0.3, 0.4) is 0 Å². The molecule has 0 aromatic rings. The van der Waals surface area contributed by atoms with Crippen LogP contribution in [-0.4, -0.2) is 38.1 Å². The van der Waals surface area contributed by atoms with E-state index >= 15 is 0 Å². The average Bonchev–Trinajstić information content (AvgIpc) is 1.63. The van der Waals surface area contributed by atoms with Gasteiger partial charge in [-0.2, -0.15) is 0 Å². The molecule has 0 rings (SSSR count). The number of hydrogen-bond acceptors (Lipinski definition) is 3. The van der Waals surface area contributed by atoms with Gasteiger partial charge in [0, 0.05) is 13.5 Å². The van der Waals surface area contributed by atoms with Crippen molar-refractivity contribution in [2.24, 2.45) is 0 Å². The molecule has 0 unspecified atom stereocenters. The van der Waals surface area contributed by atoms with Gasteiger partial charge in [-0.1, -0.05) is 0 Å². The van der Waals surface area contributed by atoms with Crippen LogP contribution in [0.4, 0.5) is 0 Å². The molecule has 3 heteroatoms. The smallest absolute Gasteiger partial charge is 0.302 e. The molecule has 0 N–H and O–H groups in total. The highest BCUT2D eigenvalue weighted by atomic mass is 16.5. The third-order valence-corrected chi connectivity index (χ3v) is 0.844. The van der Waals surface area contributed by atoms with Crippen LogP contribution in [0.25, 0.3) is 0 Å². The van der Waals surface area contributed by atoms with Crippen molar-refractivity contribution >= 4 is 5.97 Å². The Kier molecular flexibility index (Phi) is 4.05. The summed E-state index contributed by atoms with van der Waals surface area (Å²) in [5, 5.41) is 0. The predicted molar refractivity (Wildman–Crippen MR) is 35.2 cm³/mol. The molecule has 0 atom stereocenters. The van der Waals surface area contributed by atoms with Gasteiger partial charge in [0.2, 0.25) is 0 Å². The van der Waals surface area contributed by atoms with E-state index in [4.69, 9.17) is 0 Å². The highest BCUT2D eigenvalue weighted by Crippen LogP contribution is 1.77. The average molecular weight is 134 g/mol. The second-order valence-electron chi connectivity index (χ2n) is 2.14. The lowest BCUT2D eigenvalue weighted by Gasteiger charge is -2.07. The Morgan fingerprint density at radius 2 is 2.11 bits per heavy atom. The largest absolute Gasteiger partial charge is 0.465 e. The Hall–Kier alpha value is -0.570. The lowest BCUT2D eigenvalue weighted by atomic mass is 10.7. The quantitative estimate of drug-likeness (QED) is 0.312. The number of carbonyl (C=O) groups excluding carboxylic acids is 1. The van der Waals surface area contributed by atoms with E-state index in [1.165, 1.54) is 6.92 Å². The van der Waals surface area contributed by atoms with Gasteiger partial charge in [-0.3, -0.25) is 4.79 Å². The summed E-state index contributed by atoms with van der Waals surface area (Å²) in [4.78, 5) is 12.1. The standard InChI is InChI=1S/C6H13NO2/c1-6(8)9-5-4-7(2)3/h4-5H2,1-3H3/i2+1,3+1,7+1. The fourth-order valence-electron chi connectivity index (χ4n) is 0.372. The van der Waals surface area contributed by atoms with Crippen LogP contribution in [0, 0.1) is 0 Å². The molecule has 0 aromatic carbocycles. The van der Waals surface area contributed by atoms with Gasteiger partial charge in [0.25, 0.3) is 0 Å². The number of rotatable bonds is 3. The van der Waals surface area contributed by atoms with Crippen molar-refractivity contribution in [2.45, 2.75) is 6.92 Å². The second-order valence-corrected chi connectivity index (χ2v) is 2.14. The molecule has 0 radical (unpaired) electrons. The van der Waals surface area contributed by atoms with E-state index in [2.05, 4.69) is 4.74 Å². The van der Waals surface area contributed by atoms with Gasteiger partial charge < -0.3 is 9.64 Å². The van der Waals surface area contributed by atoms with Crippen molar-refractivity contribution in [3.05, 3.63) is 0 Å². The molecule has 0 spiro atoms. The monoisotopic (exact) mass is 134 g/mol. The summed E-state index contributed by atoms with van der Waals surface area (Å²) in [5.41, 5.74) is 0. The second kappa shape index (κ2) is 4.32. The van der Waals surface area contributed by atoms with Gasteiger partial charge in [-0.25, -0.2) is 0 Å². The van der Waals surface area contributed by atoms with Crippen LogP contribution in [0.5, 0.6) is 0 Å². The number of hydrogen-bond donors (Lipinski definition) is 0. The minimum Gasteiger partial charge on any atom is -0.465 e. The van der Waals surface area contributed by atoms with Gasteiger partial charge in [0.1, 0.15) is 6.61 Å². The number of likely N-dealkylation sites (N-methyl/N-ethyl adjacent to an activating group) is 1. The van der Waals surface area contributed by atoms with E-state index in [0.717, 1.165) is 6.54 Å². The fraction of sp³-hybridized carbons (Fsp3) is 0.833. The molecule has 0 aliphatic rings. The maximum atomic E-state index is 10.2. The maximum Gasteiger partial charge on any atom is 0.302 e. The highest BCUT2D eigenvalue weighted by Gasteiger charge is 1.92. The molecule has 0 fully saturated rings. The first-order valence-corrected chi connectivity index (χ1v) is 2.91. The summed E-state index contributed by atoms with van der Waals surface area (Å²) in [6, 6.07) is 0. The minimum atomic E-state index is -0.211. The maximum absolute atomic E-state index is 10.2. The summed E-state index contributed by atoms with van der Waals surface area (Å²) in [7, 11) is 3.87. The van der Waals surface area contributed by atoms with Gasteiger partial charge in [-0.05, 0) is 14.1 Å². The zero-order valence-corrected chi connectivity index (χ0v) is 6.18. The summed E-state index contributed by atoms with van der Waals surface area (Å²) >= 11 is 0. The van der Waals surface area contributed by atoms with Crippen molar-refractivity contribution in [3.63, 3.8) is 0 Å². The molecule has 0 heterocycles. The molecule has 54 valence electrons. The molecular formula is C6H13NO2. The molecule has 3 nitrogen and oxygen atoms in total. The summed E-state index contributed by atoms with van der Waals surface area (Å²) in [6.45, 7) is 2.69. The molecule has 0 amide bonds. The summed E-state index contributed by atoms with van der Waals surface area (Å²) in [5.74, 6) is -0.211. The van der Waals surface area contributed by atoms with E-state index in [0.29, 0.717) is 6.61 Å². The van der Waals surface area contributed by atoms with Gasteiger partial charge >= 0.3 is 5.97 Å². The molecule has 0 saturated carbocycles. The molecule has 9 heavy (non-hydrogen) atoms. The third-order valence-electron chi connectivity index (χ3n) is 0.844. The number of ether oxygens (including phenoxy) is 1. The Balaban J connectivity index is 3.01. The van der Waals surface area contributed by atoms with Crippen molar-refractivity contribution in [1.29, 1.82) is 0 Å². The van der Waals surface area contributed by atoms with E-state index < -0.39 is 0 Å². The number of nitrogens with zero attached hydrogens (tertiary/aromatic N) is 1. The van der Waals surface area contributed by atoms with E-state index in [9.17, 15) is 4.79 Å². The minimum absolute atomic E-state index is 0.211. The van der Waals surface area contributed by atoms with Crippen LogP contribution in [-0.2, 0) is 9.53 Å². The Morgan fingerprint density at radius 3 is 2.44 bits per heavy atom. The Morgan fingerprint density at radius 1 is 1.56 bits per heavy atom. The summed E-state index contributed by atoms with van der Waals surface area (Å²) in [6.07, 6.45) is 0. The first kappa shape index (κ1) is 8.43. The van der Waals surface area contributed by atoms with Crippen LogP contribution >= 0.6 is 0 Å². The first-order valence-electron chi connectivity index (χ1n) is 2.91. The van der Waals surface area contributed by atoms with Crippen molar-refractivity contribution in [3.8, 4) is 0 Å². The topological polar surface area (TPSA) is 29.5 Å². The highest BCUT2D eigenvalue weighted by molar-refractivity contribution is 5.65. The lowest BCUT2D eigenvalue weighted by Crippen LogP contribution is -2.19. The van der Waals surface area contributed by atoms with Gasteiger partial charge in [0.05, 0.1) is 0 Å². The molecule has 0 saturated heterocycles. The van der Waals surface area contributed by atoms with Crippen LogP contribution in [0.1, 0.15) is 6.92 Å². The molecular weight excluding hydrogens is 121 g/mol.